The van der Waals surface area contributed by atoms with Gasteiger partial charge in [-0.1, -0.05) is 0 Å². The average Bonchev–Trinajstić information content (AvgIpc) is 1.90. The maximum absolute atomic E-state index is 5.64. The molecule has 0 saturated carbocycles. The summed E-state index contributed by atoms with van der Waals surface area (Å²) in [5.41, 5.74) is 5.64. The molecular formula is C7H15NO. The smallest absolute Gasteiger partial charge is 0.0723 e. The zero-order valence-electron chi connectivity index (χ0n) is 5.97. The van der Waals surface area contributed by atoms with Gasteiger partial charge in [-0.3, -0.25) is 0 Å². The molecule has 54 valence electrons. The molecule has 1 rings (SSSR count). The van der Waals surface area contributed by atoms with E-state index in [0.29, 0.717) is 6.10 Å². The van der Waals surface area contributed by atoms with Crippen molar-refractivity contribution in [1.82, 2.24) is 0 Å². The van der Waals surface area contributed by atoms with Crippen LogP contribution in [0.1, 0.15) is 26.2 Å². The molecular weight excluding hydrogens is 114 g/mol. The Balaban J connectivity index is 2.23. The first kappa shape index (κ1) is 7.03. The fourth-order valence-corrected chi connectivity index (χ4v) is 1.18. The first-order chi connectivity index (χ1) is 4.30. The van der Waals surface area contributed by atoms with E-state index in [4.69, 9.17) is 10.5 Å². The second kappa shape index (κ2) is 3.18. The Labute approximate surface area is 56.4 Å². The first-order valence-corrected chi connectivity index (χ1v) is 3.68. The Bertz CT molecular complexity index is 77.0. The van der Waals surface area contributed by atoms with E-state index in [0.717, 1.165) is 13.0 Å². The lowest BCUT2D eigenvalue weighted by molar-refractivity contribution is 0.00403. The molecule has 2 heteroatoms. The molecule has 0 spiro atoms. The quantitative estimate of drug-likeness (QED) is 0.571. The van der Waals surface area contributed by atoms with Gasteiger partial charge < -0.3 is 10.5 Å². The van der Waals surface area contributed by atoms with Crippen molar-refractivity contribution in [2.45, 2.75) is 38.3 Å². The number of hydrogen-bond donors (Lipinski definition) is 1. The minimum Gasteiger partial charge on any atom is -0.377 e. The molecule has 0 aromatic rings. The third kappa shape index (κ3) is 1.95. The molecule has 0 amide bonds. The Morgan fingerprint density at radius 3 is 2.67 bits per heavy atom. The number of rotatable bonds is 1. The fraction of sp³-hybridized carbons (Fsp3) is 1.00. The number of nitrogens with two attached hydrogens (primary N) is 1. The van der Waals surface area contributed by atoms with Crippen molar-refractivity contribution >= 4 is 0 Å². The molecule has 1 heterocycles. The zero-order valence-corrected chi connectivity index (χ0v) is 5.97. The monoisotopic (exact) mass is 129 g/mol. The van der Waals surface area contributed by atoms with Crippen LogP contribution in [0.4, 0.5) is 0 Å². The van der Waals surface area contributed by atoms with Gasteiger partial charge in [0.2, 0.25) is 0 Å². The topological polar surface area (TPSA) is 35.2 Å². The SMILES string of the molecule is C[C@@H](N)C1CCCCO1. The molecule has 1 saturated heterocycles. The Hall–Kier alpha value is -0.0800. The first-order valence-electron chi connectivity index (χ1n) is 3.68. The molecule has 2 atom stereocenters. The maximum atomic E-state index is 5.64. The summed E-state index contributed by atoms with van der Waals surface area (Å²) in [5.74, 6) is 0. The van der Waals surface area contributed by atoms with E-state index >= 15 is 0 Å². The highest BCUT2D eigenvalue weighted by Crippen LogP contribution is 2.13. The molecule has 0 aromatic carbocycles. The molecule has 9 heavy (non-hydrogen) atoms. The van der Waals surface area contributed by atoms with Gasteiger partial charge in [0.1, 0.15) is 0 Å². The molecule has 0 aliphatic carbocycles. The van der Waals surface area contributed by atoms with Gasteiger partial charge in [0.05, 0.1) is 6.10 Å². The van der Waals surface area contributed by atoms with E-state index in [1.807, 2.05) is 6.92 Å². The van der Waals surface area contributed by atoms with Crippen molar-refractivity contribution in [3.63, 3.8) is 0 Å². The van der Waals surface area contributed by atoms with Crippen molar-refractivity contribution < 1.29 is 4.74 Å². The van der Waals surface area contributed by atoms with Gasteiger partial charge in [0.15, 0.2) is 0 Å². The third-order valence-corrected chi connectivity index (χ3v) is 1.80. The summed E-state index contributed by atoms with van der Waals surface area (Å²) in [7, 11) is 0. The Morgan fingerprint density at radius 1 is 1.56 bits per heavy atom. The highest BCUT2D eigenvalue weighted by Gasteiger charge is 2.16. The lowest BCUT2D eigenvalue weighted by Gasteiger charge is -2.25. The van der Waals surface area contributed by atoms with Gasteiger partial charge in [-0.05, 0) is 26.2 Å². The van der Waals surface area contributed by atoms with Crippen LogP contribution in [-0.2, 0) is 4.74 Å². The van der Waals surface area contributed by atoms with Crippen LogP contribution in [0.25, 0.3) is 0 Å². The second-order valence-electron chi connectivity index (χ2n) is 2.76. The highest BCUT2D eigenvalue weighted by atomic mass is 16.5. The minimum atomic E-state index is 0.213. The minimum absolute atomic E-state index is 0.213. The second-order valence-corrected chi connectivity index (χ2v) is 2.76. The summed E-state index contributed by atoms with van der Waals surface area (Å²) in [5, 5.41) is 0. The zero-order chi connectivity index (χ0) is 6.69. The van der Waals surface area contributed by atoms with Crippen molar-refractivity contribution in [2.75, 3.05) is 6.61 Å². The van der Waals surface area contributed by atoms with E-state index in [1.54, 1.807) is 0 Å². The molecule has 0 bridgehead atoms. The van der Waals surface area contributed by atoms with Gasteiger partial charge in [-0.15, -0.1) is 0 Å². The lowest BCUT2D eigenvalue weighted by Crippen LogP contribution is -2.36. The molecule has 2 N–H and O–H groups in total. The van der Waals surface area contributed by atoms with Crippen molar-refractivity contribution in [1.29, 1.82) is 0 Å². The molecule has 0 radical (unpaired) electrons. The van der Waals surface area contributed by atoms with Crippen LogP contribution in [-0.4, -0.2) is 18.8 Å². The summed E-state index contributed by atoms with van der Waals surface area (Å²) < 4.78 is 5.41. The molecule has 1 fully saturated rings. The predicted molar refractivity (Wildman–Crippen MR) is 37.2 cm³/mol. The molecule has 0 aromatic heterocycles. The number of ether oxygens (including phenoxy) is 1. The van der Waals surface area contributed by atoms with Crippen LogP contribution in [0.5, 0.6) is 0 Å². The van der Waals surface area contributed by atoms with Crippen molar-refractivity contribution in [3.05, 3.63) is 0 Å². The van der Waals surface area contributed by atoms with Crippen LogP contribution < -0.4 is 5.73 Å². The van der Waals surface area contributed by atoms with Crippen LogP contribution in [0.2, 0.25) is 0 Å². The molecule has 1 aliphatic heterocycles. The standard InChI is InChI=1S/C7H15NO/c1-6(8)7-4-2-3-5-9-7/h6-7H,2-5,8H2,1H3/t6-,7?/m1/s1. The third-order valence-electron chi connectivity index (χ3n) is 1.80. The largest absolute Gasteiger partial charge is 0.377 e. The van der Waals surface area contributed by atoms with Crippen LogP contribution in [0, 0.1) is 0 Å². The predicted octanol–water partition coefficient (Wildman–Crippen LogP) is 0.903. The molecule has 1 aliphatic rings. The van der Waals surface area contributed by atoms with Gasteiger partial charge >= 0.3 is 0 Å². The molecule has 2 nitrogen and oxygen atoms in total. The van der Waals surface area contributed by atoms with Crippen LogP contribution in [0.3, 0.4) is 0 Å². The molecule has 1 unspecified atom stereocenters. The van der Waals surface area contributed by atoms with Gasteiger partial charge in [-0.25, -0.2) is 0 Å². The van der Waals surface area contributed by atoms with Gasteiger partial charge in [-0.2, -0.15) is 0 Å². The summed E-state index contributed by atoms with van der Waals surface area (Å²) in [6.45, 7) is 2.92. The van der Waals surface area contributed by atoms with E-state index in [1.165, 1.54) is 12.8 Å². The summed E-state index contributed by atoms with van der Waals surface area (Å²) >= 11 is 0. The van der Waals surface area contributed by atoms with Crippen molar-refractivity contribution in [2.24, 2.45) is 5.73 Å². The fourth-order valence-electron chi connectivity index (χ4n) is 1.18. The van der Waals surface area contributed by atoms with Crippen molar-refractivity contribution in [3.8, 4) is 0 Å². The maximum Gasteiger partial charge on any atom is 0.0723 e. The average molecular weight is 129 g/mol. The van der Waals surface area contributed by atoms with Crippen LogP contribution in [0.15, 0.2) is 0 Å². The van der Waals surface area contributed by atoms with E-state index in [2.05, 4.69) is 0 Å². The summed E-state index contributed by atoms with van der Waals surface area (Å²) in [6, 6.07) is 0.213. The normalized spacial score (nSPS) is 32.0. The summed E-state index contributed by atoms with van der Waals surface area (Å²) in [4.78, 5) is 0. The van der Waals surface area contributed by atoms with E-state index < -0.39 is 0 Å². The van der Waals surface area contributed by atoms with Crippen LogP contribution >= 0.6 is 0 Å². The Kier molecular flexibility index (Phi) is 2.49. The summed E-state index contributed by atoms with van der Waals surface area (Å²) in [6.07, 6.45) is 3.98. The van der Waals surface area contributed by atoms with E-state index in [-0.39, 0.29) is 6.04 Å². The Morgan fingerprint density at radius 2 is 2.33 bits per heavy atom. The highest BCUT2D eigenvalue weighted by molar-refractivity contribution is 4.71. The van der Waals surface area contributed by atoms with Gasteiger partial charge in [0.25, 0.3) is 0 Å². The van der Waals surface area contributed by atoms with Gasteiger partial charge in [0, 0.05) is 12.6 Å². The lowest BCUT2D eigenvalue weighted by atomic mass is 10.0. The van der Waals surface area contributed by atoms with E-state index in [9.17, 15) is 0 Å². The number of hydrogen-bond acceptors (Lipinski definition) is 2.